The van der Waals surface area contributed by atoms with Crippen molar-refractivity contribution < 1.29 is 9.58 Å². The largest absolute Gasteiger partial charge is 0.362 e. The predicted octanol–water partition coefficient (Wildman–Crippen LogP) is 4.15. The second-order valence-corrected chi connectivity index (χ2v) is 12.2. The first-order valence-corrected chi connectivity index (χ1v) is 9.71. The van der Waals surface area contributed by atoms with Crippen molar-refractivity contribution in [2.75, 3.05) is 0 Å². The number of hydrogen-bond acceptors (Lipinski definition) is 2. The van der Waals surface area contributed by atoms with Gasteiger partial charge in [0.05, 0.1) is 0 Å². The lowest BCUT2D eigenvalue weighted by atomic mass is 10.2. The molecule has 5 heteroatoms. The fraction of sp³-hybridized carbons (Fsp3) is 0.562. The van der Waals surface area contributed by atoms with E-state index < -0.39 is 8.07 Å². The molecule has 0 N–H and O–H groups in total. The lowest BCUT2D eigenvalue weighted by Crippen LogP contribution is -2.56. The molecule has 0 fully saturated rings. The van der Waals surface area contributed by atoms with E-state index in [0.717, 1.165) is 0 Å². The van der Waals surface area contributed by atoms with Gasteiger partial charge in [0.2, 0.25) is 8.07 Å². The number of pyridine rings is 1. The molecule has 1 heterocycles. The van der Waals surface area contributed by atoms with Gasteiger partial charge in [-0.3, -0.25) is 9.78 Å². The molecule has 0 bridgehead atoms. The van der Waals surface area contributed by atoms with Crippen LogP contribution in [0.2, 0.25) is 16.6 Å². The standard InChI is InChI=1S/C16H25N3OSi/c1-11(2)21(12(3)4,13(5)6)16(19-17)15(20)14-9-7-8-10-18-14/h7-13H,1-6H3. The van der Waals surface area contributed by atoms with Crippen molar-refractivity contribution in [2.45, 2.75) is 58.2 Å². The van der Waals surface area contributed by atoms with Gasteiger partial charge in [-0.25, -0.2) is 0 Å². The zero-order valence-electron chi connectivity index (χ0n) is 13.8. The first-order chi connectivity index (χ1) is 9.79. The maximum absolute atomic E-state index is 12.8. The molecule has 0 unspecified atom stereocenters. The summed E-state index contributed by atoms with van der Waals surface area (Å²) >= 11 is 0. The maximum atomic E-state index is 12.8. The molecule has 0 radical (unpaired) electrons. The molecule has 0 saturated heterocycles. The highest BCUT2D eigenvalue weighted by atomic mass is 28.3. The number of carbonyl (C=O) groups is 1. The second-order valence-electron chi connectivity index (χ2n) is 6.39. The Balaban J connectivity index is 3.48. The van der Waals surface area contributed by atoms with Crippen LogP contribution in [0.15, 0.2) is 24.4 Å². The minimum atomic E-state index is -2.29. The molecule has 0 atom stereocenters. The van der Waals surface area contributed by atoms with E-state index in [-0.39, 0.29) is 5.78 Å². The summed E-state index contributed by atoms with van der Waals surface area (Å²) in [5, 5.41) is 0.348. The number of hydrogen-bond donors (Lipinski definition) is 0. The van der Waals surface area contributed by atoms with Crippen LogP contribution >= 0.6 is 0 Å². The zero-order valence-corrected chi connectivity index (χ0v) is 14.8. The van der Waals surface area contributed by atoms with Gasteiger partial charge in [0.15, 0.2) is 0 Å². The lowest BCUT2D eigenvalue weighted by Gasteiger charge is -2.37. The molecule has 0 aliphatic rings. The van der Waals surface area contributed by atoms with E-state index in [2.05, 4.69) is 51.3 Å². The Kier molecular flexibility index (Phi) is 5.75. The van der Waals surface area contributed by atoms with Gasteiger partial charge in [0.25, 0.3) is 5.78 Å². The van der Waals surface area contributed by atoms with Crippen molar-refractivity contribution in [2.24, 2.45) is 0 Å². The fourth-order valence-corrected chi connectivity index (χ4v) is 10.1. The van der Waals surface area contributed by atoms with E-state index >= 15 is 0 Å². The van der Waals surface area contributed by atoms with Crippen molar-refractivity contribution in [1.29, 1.82) is 0 Å². The topological polar surface area (TPSA) is 66.4 Å². The van der Waals surface area contributed by atoms with Gasteiger partial charge >= 0.3 is 5.33 Å². The maximum Gasteiger partial charge on any atom is 0.307 e. The number of carbonyl (C=O) groups excluding carboxylic acids is 1. The minimum absolute atomic E-state index is 0.235. The van der Waals surface area contributed by atoms with Gasteiger partial charge in [-0.15, -0.1) is 0 Å². The molecular weight excluding hydrogens is 278 g/mol. The molecule has 0 aliphatic carbocycles. The van der Waals surface area contributed by atoms with Crippen molar-refractivity contribution in [3.63, 3.8) is 0 Å². The Hall–Kier alpha value is -1.58. The Labute approximate surface area is 128 Å². The van der Waals surface area contributed by atoms with E-state index in [0.29, 0.717) is 27.7 Å². The quantitative estimate of drug-likeness (QED) is 0.260. The molecule has 1 aromatic rings. The van der Waals surface area contributed by atoms with Gasteiger partial charge in [-0.2, -0.15) is 4.79 Å². The Morgan fingerprint density at radius 3 is 1.95 bits per heavy atom. The molecule has 0 spiro atoms. The molecular formula is C16H25N3OSi. The highest BCUT2D eigenvalue weighted by Gasteiger charge is 2.56. The second kappa shape index (κ2) is 6.92. The molecule has 1 rings (SSSR count). The summed E-state index contributed by atoms with van der Waals surface area (Å²) in [5.41, 5.74) is 10.9. The Bertz CT molecular complexity index is 524. The molecule has 0 aromatic carbocycles. The first kappa shape index (κ1) is 17.5. The number of rotatable bonds is 6. The van der Waals surface area contributed by atoms with E-state index in [1.165, 1.54) is 0 Å². The number of nitrogens with zero attached hydrogens (tertiary/aromatic N) is 3. The van der Waals surface area contributed by atoms with Crippen molar-refractivity contribution in [3.8, 4) is 0 Å². The molecule has 21 heavy (non-hydrogen) atoms. The molecule has 1 aromatic heterocycles. The van der Waals surface area contributed by atoms with Gasteiger partial charge in [-0.1, -0.05) is 47.6 Å². The van der Waals surface area contributed by atoms with Crippen LogP contribution in [0.25, 0.3) is 5.53 Å². The summed E-state index contributed by atoms with van der Waals surface area (Å²) in [4.78, 5) is 20.4. The van der Waals surface area contributed by atoms with Crippen LogP contribution in [0, 0.1) is 0 Å². The van der Waals surface area contributed by atoms with Gasteiger partial charge in [0.1, 0.15) is 5.69 Å². The number of ketones is 1. The lowest BCUT2D eigenvalue weighted by molar-refractivity contribution is -0.00301. The normalized spacial score (nSPS) is 11.9. The van der Waals surface area contributed by atoms with Crippen LogP contribution in [0.1, 0.15) is 52.0 Å². The van der Waals surface area contributed by atoms with Crippen LogP contribution < -0.4 is 0 Å². The van der Waals surface area contributed by atoms with Crippen LogP contribution in [-0.4, -0.2) is 29.0 Å². The highest BCUT2D eigenvalue weighted by molar-refractivity contribution is 7.16. The molecule has 0 amide bonds. The smallest absolute Gasteiger partial charge is 0.307 e. The third-order valence-electron chi connectivity index (χ3n) is 4.49. The summed E-state index contributed by atoms with van der Waals surface area (Å²) in [5.74, 6) is -0.235. The number of Topliss-reactive ketones (excluding diaryl/α,β-unsaturated/α-hetero) is 1. The SMILES string of the molecule is CC(C)[Si](C(=[N+]=[N-])C(=O)c1ccccn1)(C(C)C)C(C)C. The molecule has 4 nitrogen and oxygen atoms in total. The first-order valence-electron chi connectivity index (χ1n) is 7.48. The summed E-state index contributed by atoms with van der Waals surface area (Å²) in [6.07, 6.45) is 1.59. The van der Waals surface area contributed by atoms with Crippen LogP contribution in [0.5, 0.6) is 0 Å². The fourth-order valence-electron chi connectivity index (χ4n) is 3.77. The molecule has 0 saturated carbocycles. The average Bonchev–Trinajstić information content (AvgIpc) is 2.43. The summed E-state index contributed by atoms with van der Waals surface area (Å²) < 4.78 is 0. The van der Waals surface area contributed by atoms with Crippen molar-refractivity contribution in [3.05, 3.63) is 35.6 Å². The minimum Gasteiger partial charge on any atom is -0.362 e. The van der Waals surface area contributed by atoms with Crippen LogP contribution in [0.3, 0.4) is 0 Å². The highest BCUT2D eigenvalue weighted by Crippen LogP contribution is 2.42. The molecule has 114 valence electrons. The van der Waals surface area contributed by atoms with Crippen LogP contribution in [-0.2, 0) is 0 Å². The zero-order chi connectivity index (χ0) is 16.2. The van der Waals surface area contributed by atoms with E-state index in [9.17, 15) is 10.3 Å². The van der Waals surface area contributed by atoms with E-state index in [1.54, 1.807) is 24.4 Å². The van der Waals surface area contributed by atoms with Gasteiger partial charge < -0.3 is 5.53 Å². The summed E-state index contributed by atoms with van der Waals surface area (Å²) in [6.45, 7) is 12.8. The predicted molar refractivity (Wildman–Crippen MR) is 88.2 cm³/mol. The Morgan fingerprint density at radius 1 is 1.10 bits per heavy atom. The molecule has 0 aliphatic heterocycles. The van der Waals surface area contributed by atoms with E-state index in [1.807, 2.05) is 0 Å². The Morgan fingerprint density at radius 2 is 1.62 bits per heavy atom. The third kappa shape index (κ3) is 3.04. The van der Waals surface area contributed by atoms with Crippen molar-refractivity contribution in [1.82, 2.24) is 4.98 Å². The van der Waals surface area contributed by atoms with E-state index in [4.69, 9.17) is 0 Å². The van der Waals surface area contributed by atoms with Gasteiger partial charge in [0, 0.05) is 6.20 Å². The van der Waals surface area contributed by atoms with Crippen molar-refractivity contribution >= 4 is 19.2 Å². The summed E-state index contributed by atoms with van der Waals surface area (Å²) in [6, 6.07) is 5.22. The third-order valence-corrected chi connectivity index (χ3v) is 11.4. The number of aromatic nitrogens is 1. The van der Waals surface area contributed by atoms with Crippen LogP contribution in [0.4, 0.5) is 0 Å². The monoisotopic (exact) mass is 303 g/mol. The average molecular weight is 303 g/mol. The summed E-state index contributed by atoms with van der Waals surface area (Å²) in [7, 11) is -2.29. The van der Waals surface area contributed by atoms with Gasteiger partial charge in [-0.05, 0) is 28.8 Å².